The van der Waals surface area contributed by atoms with Crippen LogP contribution in [0, 0.1) is 17.8 Å². The standard InChI is InChI=1S/C13H23NO2/c1-9(2)16-8-13(15)12-4-10-3-11(5-12)7-14-6-10/h9-12,14H,3-8H2,1-2H3. The van der Waals surface area contributed by atoms with Gasteiger partial charge in [0.25, 0.3) is 0 Å². The van der Waals surface area contributed by atoms with E-state index < -0.39 is 0 Å². The van der Waals surface area contributed by atoms with Crippen LogP contribution in [0.25, 0.3) is 0 Å². The highest BCUT2D eigenvalue weighted by Gasteiger charge is 2.34. The molecule has 0 aromatic rings. The van der Waals surface area contributed by atoms with Gasteiger partial charge in [-0.3, -0.25) is 4.79 Å². The highest BCUT2D eigenvalue weighted by Crippen LogP contribution is 2.35. The van der Waals surface area contributed by atoms with Gasteiger partial charge in [0.1, 0.15) is 6.61 Å². The fourth-order valence-corrected chi connectivity index (χ4v) is 3.02. The summed E-state index contributed by atoms with van der Waals surface area (Å²) in [5.74, 6) is 2.04. The Labute approximate surface area is 97.9 Å². The molecule has 0 amide bonds. The molecule has 0 aromatic carbocycles. The molecule has 1 N–H and O–H groups in total. The van der Waals surface area contributed by atoms with Gasteiger partial charge in [0.05, 0.1) is 6.10 Å². The summed E-state index contributed by atoms with van der Waals surface area (Å²) in [6, 6.07) is 0. The summed E-state index contributed by atoms with van der Waals surface area (Å²) in [5, 5.41) is 3.45. The minimum absolute atomic E-state index is 0.161. The summed E-state index contributed by atoms with van der Waals surface area (Å²) < 4.78 is 5.41. The van der Waals surface area contributed by atoms with Gasteiger partial charge in [-0.05, 0) is 58.0 Å². The van der Waals surface area contributed by atoms with E-state index in [2.05, 4.69) is 5.32 Å². The van der Waals surface area contributed by atoms with Gasteiger partial charge in [0.2, 0.25) is 0 Å². The predicted octanol–water partition coefficient (Wildman–Crippen LogP) is 1.62. The van der Waals surface area contributed by atoms with Crippen molar-refractivity contribution in [1.82, 2.24) is 5.32 Å². The van der Waals surface area contributed by atoms with E-state index in [-0.39, 0.29) is 12.0 Å². The van der Waals surface area contributed by atoms with Crippen LogP contribution in [0.4, 0.5) is 0 Å². The molecule has 2 rings (SSSR count). The lowest BCUT2D eigenvalue weighted by Crippen LogP contribution is -2.43. The summed E-state index contributed by atoms with van der Waals surface area (Å²) in [6.07, 6.45) is 3.63. The Hall–Kier alpha value is -0.410. The van der Waals surface area contributed by atoms with Crippen LogP contribution in [0.15, 0.2) is 0 Å². The highest BCUT2D eigenvalue weighted by atomic mass is 16.5. The second-order valence-electron chi connectivity index (χ2n) is 5.62. The van der Waals surface area contributed by atoms with E-state index in [1.54, 1.807) is 0 Å². The van der Waals surface area contributed by atoms with E-state index in [1.165, 1.54) is 6.42 Å². The summed E-state index contributed by atoms with van der Waals surface area (Å²) in [4.78, 5) is 12.0. The van der Waals surface area contributed by atoms with Crippen LogP contribution in [0.3, 0.4) is 0 Å². The van der Waals surface area contributed by atoms with Crippen LogP contribution in [0.1, 0.15) is 33.1 Å². The molecule has 1 saturated carbocycles. The smallest absolute Gasteiger partial charge is 0.161 e. The third-order valence-corrected chi connectivity index (χ3v) is 3.78. The summed E-state index contributed by atoms with van der Waals surface area (Å²) in [7, 11) is 0. The van der Waals surface area contributed by atoms with Gasteiger partial charge >= 0.3 is 0 Å². The fraction of sp³-hybridized carbons (Fsp3) is 0.923. The number of Topliss-reactive ketones (excluding diaryl/α,β-unsaturated/α-hetero) is 1. The molecule has 1 aliphatic heterocycles. The number of carbonyl (C=O) groups is 1. The zero-order valence-corrected chi connectivity index (χ0v) is 10.4. The van der Waals surface area contributed by atoms with Gasteiger partial charge in [-0.15, -0.1) is 0 Å². The molecule has 2 bridgehead atoms. The van der Waals surface area contributed by atoms with Gasteiger partial charge < -0.3 is 10.1 Å². The molecule has 1 aliphatic carbocycles. The minimum atomic E-state index is 0.161. The number of hydrogen-bond donors (Lipinski definition) is 1. The highest BCUT2D eigenvalue weighted by molar-refractivity contribution is 5.82. The molecule has 3 heteroatoms. The lowest BCUT2D eigenvalue weighted by molar-refractivity contribution is -0.131. The number of nitrogens with one attached hydrogen (secondary N) is 1. The second kappa shape index (κ2) is 5.28. The summed E-state index contributed by atoms with van der Waals surface area (Å²) in [5.41, 5.74) is 0. The number of carbonyl (C=O) groups excluding carboxylic acids is 1. The lowest BCUT2D eigenvalue weighted by atomic mass is 9.72. The van der Waals surface area contributed by atoms with Crippen LogP contribution in [0.2, 0.25) is 0 Å². The molecule has 0 aromatic heterocycles. The van der Waals surface area contributed by atoms with Crippen molar-refractivity contribution in [2.45, 2.75) is 39.2 Å². The maximum Gasteiger partial charge on any atom is 0.161 e. The average molecular weight is 225 g/mol. The zero-order chi connectivity index (χ0) is 11.5. The molecule has 1 heterocycles. The molecule has 92 valence electrons. The molecule has 2 fully saturated rings. The predicted molar refractivity (Wildman–Crippen MR) is 63.3 cm³/mol. The zero-order valence-electron chi connectivity index (χ0n) is 10.4. The number of rotatable bonds is 4. The quantitative estimate of drug-likeness (QED) is 0.790. The van der Waals surface area contributed by atoms with Crippen molar-refractivity contribution in [3.05, 3.63) is 0 Å². The van der Waals surface area contributed by atoms with Crippen molar-refractivity contribution in [1.29, 1.82) is 0 Å². The third kappa shape index (κ3) is 3.05. The number of ketones is 1. The van der Waals surface area contributed by atoms with Crippen molar-refractivity contribution >= 4 is 5.78 Å². The first-order chi connectivity index (χ1) is 7.65. The van der Waals surface area contributed by atoms with Crippen molar-refractivity contribution < 1.29 is 9.53 Å². The van der Waals surface area contributed by atoms with Crippen LogP contribution >= 0.6 is 0 Å². The molecule has 0 spiro atoms. The molecule has 0 radical (unpaired) electrons. The summed E-state index contributed by atoms with van der Waals surface area (Å²) in [6.45, 7) is 6.48. The van der Waals surface area contributed by atoms with Gasteiger partial charge in [0.15, 0.2) is 5.78 Å². The number of hydrogen-bond acceptors (Lipinski definition) is 3. The van der Waals surface area contributed by atoms with Crippen LogP contribution < -0.4 is 5.32 Å². The summed E-state index contributed by atoms with van der Waals surface area (Å²) >= 11 is 0. The Morgan fingerprint density at radius 2 is 1.88 bits per heavy atom. The SMILES string of the molecule is CC(C)OCC(=O)C1CC2CNCC(C2)C1. The molecule has 2 atom stereocenters. The largest absolute Gasteiger partial charge is 0.371 e. The molecule has 1 saturated heterocycles. The second-order valence-corrected chi connectivity index (χ2v) is 5.62. The van der Waals surface area contributed by atoms with Gasteiger partial charge in [-0.25, -0.2) is 0 Å². The maximum atomic E-state index is 12.0. The van der Waals surface area contributed by atoms with E-state index >= 15 is 0 Å². The van der Waals surface area contributed by atoms with Gasteiger partial charge in [-0.1, -0.05) is 0 Å². The van der Waals surface area contributed by atoms with E-state index in [0.717, 1.165) is 37.8 Å². The molecular weight excluding hydrogens is 202 g/mol. The first-order valence-corrected chi connectivity index (χ1v) is 6.50. The molecular formula is C13H23NO2. The maximum absolute atomic E-state index is 12.0. The Kier molecular flexibility index (Phi) is 3.98. The monoisotopic (exact) mass is 225 g/mol. The number of piperidine rings is 1. The number of ether oxygens (including phenoxy) is 1. The van der Waals surface area contributed by atoms with E-state index in [0.29, 0.717) is 12.4 Å². The average Bonchev–Trinajstić information content (AvgIpc) is 2.25. The van der Waals surface area contributed by atoms with Crippen LogP contribution in [-0.4, -0.2) is 31.6 Å². The normalized spacial score (nSPS) is 34.1. The first kappa shape index (κ1) is 12.1. The molecule has 2 aliphatic rings. The third-order valence-electron chi connectivity index (χ3n) is 3.78. The topological polar surface area (TPSA) is 38.3 Å². The molecule has 16 heavy (non-hydrogen) atoms. The van der Waals surface area contributed by atoms with E-state index in [1.807, 2.05) is 13.8 Å². The van der Waals surface area contributed by atoms with Crippen LogP contribution in [-0.2, 0) is 9.53 Å². The number of fused-ring (bicyclic) bond motifs is 2. The van der Waals surface area contributed by atoms with E-state index in [9.17, 15) is 4.79 Å². The lowest BCUT2D eigenvalue weighted by Gasteiger charge is -2.38. The van der Waals surface area contributed by atoms with Crippen molar-refractivity contribution in [3.63, 3.8) is 0 Å². The fourth-order valence-electron chi connectivity index (χ4n) is 3.02. The Morgan fingerprint density at radius 1 is 1.25 bits per heavy atom. The van der Waals surface area contributed by atoms with Crippen molar-refractivity contribution in [3.8, 4) is 0 Å². The van der Waals surface area contributed by atoms with Crippen molar-refractivity contribution in [2.24, 2.45) is 17.8 Å². The van der Waals surface area contributed by atoms with Crippen LogP contribution in [0.5, 0.6) is 0 Å². The molecule has 2 unspecified atom stereocenters. The Bertz CT molecular complexity index is 240. The van der Waals surface area contributed by atoms with Gasteiger partial charge in [-0.2, -0.15) is 0 Å². The van der Waals surface area contributed by atoms with E-state index in [4.69, 9.17) is 4.74 Å². The molecule has 3 nitrogen and oxygen atoms in total. The first-order valence-electron chi connectivity index (χ1n) is 6.50. The van der Waals surface area contributed by atoms with Crippen molar-refractivity contribution in [2.75, 3.05) is 19.7 Å². The van der Waals surface area contributed by atoms with Gasteiger partial charge in [0, 0.05) is 5.92 Å². The Balaban J connectivity index is 1.83. The minimum Gasteiger partial charge on any atom is -0.371 e. The Morgan fingerprint density at radius 3 is 2.44 bits per heavy atom.